The first-order valence-electron chi connectivity index (χ1n) is 10.4. The topological polar surface area (TPSA) is 111 Å². The van der Waals surface area contributed by atoms with E-state index in [1.54, 1.807) is 35.4 Å². The molecule has 180 valence electrons. The molecule has 0 spiro atoms. The number of carbonyl (C=O) groups excluding carboxylic acids is 2. The molecule has 0 aliphatic heterocycles. The third-order valence-corrected chi connectivity index (χ3v) is 6.60. The SMILES string of the molecule is COc1ccc(CC(=O)NCc2nnc(SCC(=O)Nc3nccs3)n2-c2cccc(Cl)c2)cc1. The normalized spacial score (nSPS) is 10.7. The lowest BCUT2D eigenvalue weighted by atomic mass is 10.1. The second-order valence-electron chi connectivity index (χ2n) is 7.19. The fourth-order valence-corrected chi connectivity index (χ4v) is 4.62. The van der Waals surface area contributed by atoms with Crippen LogP contribution in [0, 0.1) is 0 Å². The van der Waals surface area contributed by atoms with E-state index in [0.29, 0.717) is 21.1 Å². The largest absolute Gasteiger partial charge is 0.497 e. The summed E-state index contributed by atoms with van der Waals surface area (Å²) in [7, 11) is 1.59. The zero-order valence-electron chi connectivity index (χ0n) is 18.6. The lowest BCUT2D eigenvalue weighted by Crippen LogP contribution is -2.26. The minimum Gasteiger partial charge on any atom is -0.497 e. The highest BCUT2D eigenvalue weighted by atomic mass is 35.5. The van der Waals surface area contributed by atoms with Crippen molar-refractivity contribution in [3.8, 4) is 11.4 Å². The second kappa shape index (κ2) is 11.8. The molecule has 2 heterocycles. The van der Waals surface area contributed by atoms with Gasteiger partial charge in [-0.3, -0.25) is 14.2 Å². The molecule has 2 N–H and O–H groups in total. The first-order valence-corrected chi connectivity index (χ1v) is 12.7. The Bertz CT molecular complexity index is 1300. The van der Waals surface area contributed by atoms with E-state index in [-0.39, 0.29) is 30.5 Å². The molecule has 0 aliphatic carbocycles. The number of halogens is 1. The van der Waals surface area contributed by atoms with Gasteiger partial charge in [-0.2, -0.15) is 0 Å². The van der Waals surface area contributed by atoms with Crippen LogP contribution in [0.2, 0.25) is 5.02 Å². The van der Waals surface area contributed by atoms with Gasteiger partial charge in [-0.1, -0.05) is 41.6 Å². The van der Waals surface area contributed by atoms with Crippen molar-refractivity contribution in [2.45, 2.75) is 18.1 Å². The van der Waals surface area contributed by atoms with Gasteiger partial charge in [0.1, 0.15) is 5.75 Å². The monoisotopic (exact) mass is 528 g/mol. The van der Waals surface area contributed by atoms with Crippen LogP contribution in [0.4, 0.5) is 5.13 Å². The van der Waals surface area contributed by atoms with Crippen molar-refractivity contribution in [3.05, 3.63) is 76.5 Å². The van der Waals surface area contributed by atoms with Crippen molar-refractivity contribution in [2.24, 2.45) is 0 Å². The quantitative estimate of drug-likeness (QED) is 0.299. The number of rotatable bonds is 10. The first kappa shape index (κ1) is 24.7. The molecule has 2 amide bonds. The third-order valence-electron chi connectivity index (χ3n) is 4.75. The molecule has 0 aliphatic rings. The molecule has 0 fully saturated rings. The minimum absolute atomic E-state index is 0.113. The summed E-state index contributed by atoms with van der Waals surface area (Å²) in [6, 6.07) is 14.5. The maximum Gasteiger partial charge on any atom is 0.236 e. The molecule has 2 aromatic heterocycles. The van der Waals surface area contributed by atoms with Crippen LogP contribution in [0.3, 0.4) is 0 Å². The van der Waals surface area contributed by atoms with Gasteiger partial charge < -0.3 is 15.4 Å². The summed E-state index contributed by atoms with van der Waals surface area (Å²) in [5, 5.41) is 17.5. The van der Waals surface area contributed by atoms with E-state index in [1.807, 2.05) is 36.4 Å². The van der Waals surface area contributed by atoms with Gasteiger partial charge in [-0.15, -0.1) is 21.5 Å². The van der Waals surface area contributed by atoms with Crippen molar-refractivity contribution in [1.82, 2.24) is 25.1 Å². The lowest BCUT2D eigenvalue weighted by molar-refractivity contribution is -0.120. The molecule has 0 unspecified atom stereocenters. The molecular weight excluding hydrogens is 508 g/mol. The number of thiazole rings is 1. The first-order chi connectivity index (χ1) is 17.0. The summed E-state index contributed by atoms with van der Waals surface area (Å²) in [6.45, 7) is 0.153. The van der Waals surface area contributed by atoms with Crippen LogP contribution in [0.5, 0.6) is 5.75 Å². The number of hydrogen-bond donors (Lipinski definition) is 2. The van der Waals surface area contributed by atoms with E-state index in [0.717, 1.165) is 17.0 Å². The van der Waals surface area contributed by atoms with Gasteiger partial charge in [0, 0.05) is 16.6 Å². The lowest BCUT2D eigenvalue weighted by Gasteiger charge is -2.11. The number of methoxy groups -OCH3 is 1. The smallest absolute Gasteiger partial charge is 0.236 e. The Kier molecular flexibility index (Phi) is 8.35. The molecule has 0 atom stereocenters. The van der Waals surface area contributed by atoms with Crippen molar-refractivity contribution in [1.29, 1.82) is 0 Å². The predicted molar refractivity (Wildman–Crippen MR) is 136 cm³/mol. The van der Waals surface area contributed by atoms with Crippen LogP contribution in [-0.2, 0) is 22.6 Å². The number of amides is 2. The van der Waals surface area contributed by atoms with Gasteiger partial charge in [0.2, 0.25) is 11.8 Å². The Morgan fingerprint density at radius 1 is 1.14 bits per heavy atom. The summed E-state index contributed by atoms with van der Waals surface area (Å²) in [6.07, 6.45) is 1.84. The summed E-state index contributed by atoms with van der Waals surface area (Å²) >= 11 is 8.77. The van der Waals surface area contributed by atoms with E-state index in [4.69, 9.17) is 16.3 Å². The fourth-order valence-electron chi connectivity index (χ4n) is 3.12. The third kappa shape index (κ3) is 6.81. The number of hydrogen-bond acceptors (Lipinski definition) is 8. The van der Waals surface area contributed by atoms with Crippen molar-refractivity contribution >= 4 is 51.6 Å². The van der Waals surface area contributed by atoms with Crippen LogP contribution < -0.4 is 15.4 Å². The number of benzene rings is 2. The van der Waals surface area contributed by atoms with Crippen LogP contribution in [0.1, 0.15) is 11.4 Å². The summed E-state index contributed by atoms with van der Waals surface area (Å²) in [5.41, 5.74) is 1.59. The van der Waals surface area contributed by atoms with Gasteiger partial charge in [-0.05, 0) is 35.9 Å². The predicted octanol–water partition coefficient (Wildman–Crippen LogP) is 3.98. The molecule has 12 heteroatoms. The highest BCUT2D eigenvalue weighted by molar-refractivity contribution is 7.99. The molecule has 2 aromatic carbocycles. The molecule has 0 saturated heterocycles. The van der Waals surface area contributed by atoms with Gasteiger partial charge in [0.25, 0.3) is 0 Å². The number of anilines is 1. The summed E-state index contributed by atoms with van der Waals surface area (Å²) < 4.78 is 6.93. The zero-order valence-corrected chi connectivity index (χ0v) is 21.0. The molecule has 4 rings (SSSR count). The Labute approximate surface area is 214 Å². The average molecular weight is 529 g/mol. The van der Waals surface area contributed by atoms with E-state index in [2.05, 4.69) is 25.8 Å². The number of ether oxygens (including phenoxy) is 1. The van der Waals surface area contributed by atoms with E-state index >= 15 is 0 Å². The van der Waals surface area contributed by atoms with Crippen LogP contribution in [0.25, 0.3) is 5.69 Å². The van der Waals surface area contributed by atoms with Crippen LogP contribution in [0.15, 0.2) is 65.3 Å². The number of nitrogens with one attached hydrogen (secondary N) is 2. The Morgan fingerprint density at radius 2 is 1.97 bits per heavy atom. The zero-order chi connectivity index (χ0) is 24.6. The average Bonchev–Trinajstić information content (AvgIpc) is 3.51. The Balaban J connectivity index is 1.45. The molecule has 0 saturated carbocycles. The van der Waals surface area contributed by atoms with Crippen molar-refractivity contribution in [3.63, 3.8) is 0 Å². The van der Waals surface area contributed by atoms with Gasteiger partial charge >= 0.3 is 0 Å². The van der Waals surface area contributed by atoms with Gasteiger partial charge in [-0.25, -0.2) is 4.98 Å². The molecular formula is C23H21ClN6O3S2. The Hall–Kier alpha value is -3.41. The van der Waals surface area contributed by atoms with Crippen LogP contribution >= 0.6 is 34.7 Å². The fraction of sp³-hybridized carbons (Fsp3) is 0.174. The van der Waals surface area contributed by atoms with Crippen molar-refractivity contribution in [2.75, 3.05) is 18.2 Å². The molecule has 0 radical (unpaired) electrons. The number of nitrogens with zero attached hydrogens (tertiary/aromatic N) is 4. The second-order valence-corrected chi connectivity index (χ2v) is 9.46. The van der Waals surface area contributed by atoms with Crippen molar-refractivity contribution < 1.29 is 14.3 Å². The summed E-state index contributed by atoms with van der Waals surface area (Å²) in [4.78, 5) is 28.9. The molecule has 4 aromatic rings. The number of aromatic nitrogens is 4. The highest BCUT2D eigenvalue weighted by Crippen LogP contribution is 2.24. The maximum absolute atomic E-state index is 12.5. The molecule has 35 heavy (non-hydrogen) atoms. The van der Waals surface area contributed by atoms with E-state index < -0.39 is 0 Å². The highest BCUT2D eigenvalue weighted by Gasteiger charge is 2.17. The molecule has 0 bridgehead atoms. The number of thioether (sulfide) groups is 1. The molecule has 9 nitrogen and oxygen atoms in total. The van der Waals surface area contributed by atoms with E-state index in [1.165, 1.54) is 23.1 Å². The Morgan fingerprint density at radius 3 is 2.69 bits per heavy atom. The standard InChI is InChI=1S/C23H21ClN6O3S2/c1-33-18-7-5-15(6-8-18)11-20(31)26-13-19-28-29-23(30(19)17-4-2-3-16(24)12-17)35-14-21(32)27-22-25-9-10-34-22/h2-10,12H,11,13-14H2,1H3,(H,26,31)(H,25,27,32). The minimum atomic E-state index is -0.208. The van der Waals surface area contributed by atoms with Crippen LogP contribution in [-0.4, -0.2) is 44.4 Å². The van der Waals surface area contributed by atoms with Gasteiger partial charge in [0.15, 0.2) is 16.1 Å². The van der Waals surface area contributed by atoms with Gasteiger partial charge in [0.05, 0.1) is 31.5 Å². The summed E-state index contributed by atoms with van der Waals surface area (Å²) in [5.74, 6) is 0.988. The maximum atomic E-state index is 12.5. The number of carbonyl (C=O) groups is 2. The van der Waals surface area contributed by atoms with E-state index in [9.17, 15) is 9.59 Å².